The van der Waals surface area contributed by atoms with Crippen LogP contribution in [-0.2, 0) is 19.3 Å². The zero-order valence-corrected chi connectivity index (χ0v) is 17.0. The lowest BCUT2D eigenvalue weighted by atomic mass is 9.79. The maximum absolute atomic E-state index is 14.8. The summed E-state index contributed by atoms with van der Waals surface area (Å²) in [4.78, 5) is 0. The molecule has 156 valence electrons. The predicted octanol–water partition coefficient (Wildman–Crippen LogP) is 7.53. The van der Waals surface area contributed by atoms with Crippen molar-refractivity contribution >= 4 is 0 Å². The highest BCUT2D eigenvalue weighted by Gasteiger charge is 2.24. The van der Waals surface area contributed by atoms with Crippen LogP contribution in [0.4, 0.5) is 17.6 Å². The Kier molecular flexibility index (Phi) is 5.94. The quantitative estimate of drug-likeness (QED) is 0.380. The van der Waals surface area contributed by atoms with Gasteiger partial charge in [-0.2, -0.15) is 0 Å². The molecule has 1 unspecified atom stereocenters. The molecule has 0 bridgehead atoms. The molecular weight excluding hydrogens is 388 g/mol. The van der Waals surface area contributed by atoms with Gasteiger partial charge in [0.05, 0.1) is 0 Å². The molecule has 4 heteroatoms. The Morgan fingerprint density at radius 3 is 2.37 bits per heavy atom. The number of fused-ring (bicyclic) bond motifs is 1. The first-order valence-electron chi connectivity index (χ1n) is 10.5. The number of hydrogen-bond acceptors (Lipinski definition) is 0. The van der Waals surface area contributed by atoms with E-state index in [1.807, 2.05) is 12.1 Å². The van der Waals surface area contributed by atoms with E-state index >= 15 is 0 Å². The van der Waals surface area contributed by atoms with Crippen LogP contribution in [0.25, 0.3) is 11.1 Å². The van der Waals surface area contributed by atoms with Gasteiger partial charge in [0, 0.05) is 5.56 Å². The Balaban J connectivity index is 1.59. The smallest absolute Gasteiger partial charge is 0.159 e. The molecule has 0 saturated heterocycles. The molecule has 0 nitrogen and oxygen atoms in total. The van der Waals surface area contributed by atoms with E-state index in [0.717, 1.165) is 54.5 Å². The normalized spacial score (nSPS) is 15.8. The molecule has 0 fully saturated rings. The van der Waals surface area contributed by atoms with Gasteiger partial charge in [-0.05, 0) is 96.2 Å². The number of aryl methyl sites for hydroxylation is 2. The van der Waals surface area contributed by atoms with E-state index in [-0.39, 0.29) is 17.3 Å². The third-order valence-electron chi connectivity index (χ3n) is 6.07. The number of halogens is 4. The van der Waals surface area contributed by atoms with E-state index in [9.17, 15) is 17.6 Å². The van der Waals surface area contributed by atoms with Crippen molar-refractivity contribution in [2.45, 2.75) is 51.4 Å². The molecule has 0 saturated carbocycles. The summed E-state index contributed by atoms with van der Waals surface area (Å²) < 4.78 is 56.3. The minimum atomic E-state index is -0.998. The lowest BCUT2D eigenvalue weighted by Gasteiger charge is -2.26. The average molecular weight is 412 g/mol. The minimum Gasteiger partial charge on any atom is -0.207 e. The van der Waals surface area contributed by atoms with Gasteiger partial charge in [0.15, 0.2) is 11.6 Å². The molecule has 0 radical (unpaired) electrons. The number of unbranched alkanes of at least 4 members (excludes halogenated alkanes) is 1. The Hall–Kier alpha value is -2.62. The molecule has 0 aliphatic heterocycles. The van der Waals surface area contributed by atoms with E-state index in [1.165, 1.54) is 12.1 Å². The molecule has 3 aromatic carbocycles. The topological polar surface area (TPSA) is 0 Å². The Morgan fingerprint density at radius 1 is 0.800 bits per heavy atom. The van der Waals surface area contributed by atoms with E-state index in [0.29, 0.717) is 24.0 Å². The highest BCUT2D eigenvalue weighted by molar-refractivity contribution is 5.66. The summed E-state index contributed by atoms with van der Waals surface area (Å²) in [6.07, 6.45) is 5.00. The van der Waals surface area contributed by atoms with E-state index in [1.54, 1.807) is 12.1 Å². The fourth-order valence-corrected chi connectivity index (χ4v) is 4.37. The van der Waals surface area contributed by atoms with Gasteiger partial charge in [0.2, 0.25) is 0 Å². The summed E-state index contributed by atoms with van der Waals surface area (Å²) in [5.74, 6) is -2.61. The molecule has 1 atom stereocenters. The highest BCUT2D eigenvalue weighted by atomic mass is 19.2. The Morgan fingerprint density at radius 2 is 1.63 bits per heavy atom. The zero-order chi connectivity index (χ0) is 21.3. The van der Waals surface area contributed by atoms with E-state index < -0.39 is 17.5 Å². The van der Waals surface area contributed by atoms with Gasteiger partial charge in [-0.3, -0.25) is 0 Å². The second-order valence-electron chi connectivity index (χ2n) is 8.13. The first-order valence-corrected chi connectivity index (χ1v) is 10.5. The maximum Gasteiger partial charge on any atom is 0.159 e. The van der Waals surface area contributed by atoms with Crippen molar-refractivity contribution in [1.29, 1.82) is 0 Å². The number of rotatable bonds is 5. The summed E-state index contributed by atoms with van der Waals surface area (Å²) >= 11 is 0. The summed E-state index contributed by atoms with van der Waals surface area (Å²) in [5, 5.41) is 0. The third kappa shape index (κ3) is 4.14. The van der Waals surface area contributed by atoms with Gasteiger partial charge < -0.3 is 0 Å². The van der Waals surface area contributed by atoms with Crippen molar-refractivity contribution in [2.75, 3.05) is 0 Å². The molecule has 0 spiro atoms. The summed E-state index contributed by atoms with van der Waals surface area (Å²) in [6, 6.07) is 12.1. The van der Waals surface area contributed by atoms with Gasteiger partial charge in [-0.1, -0.05) is 31.5 Å². The largest absolute Gasteiger partial charge is 0.207 e. The van der Waals surface area contributed by atoms with Crippen LogP contribution >= 0.6 is 0 Å². The van der Waals surface area contributed by atoms with Crippen molar-refractivity contribution < 1.29 is 17.6 Å². The van der Waals surface area contributed by atoms with Crippen molar-refractivity contribution in [3.8, 4) is 11.1 Å². The van der Waals surface area contributed by atoms with Crippen LogP contribution in [0.2, 0.25) is 0 Å². The fourth-order valence-electron chi connectivity index (χ4n) is 4.37. The summed E-state index contributed by atoms with van der Waals surface area (Å²) in [5.41, 5.74) is 4.10. The van der Waals surface area contributed by atoms with Crippen molar-refractivity contribution in [3.63, 3.8) is 0 Å². The Labute approximate surface area is 174 Å². The Bertz CT molecular complexity index is 1070. The summed E-state index contributed by atoms with van der Waals surface area (Å²) in [7, 11) is 0. The maximum atomic E-state index is 14.8. The monoisotopic (exact) mass is 412 g/mol. The van der Waals surface area contributed by atoms with Crippen molar-refractivity contribution in [3.05, 3.63) is 94.1 Å². The molecule has 30 heavy (non-hydrogen) atoms. The molecule has 0 aromatic heterocycles. The number of benzene rings is 3. The molecular formula is C26H24F4. The van der Waals surface area contributed by atoms with Crippen LogP contribution in [0.3, 0.4) is 0 Å². The van der Waals surface area contributed by atoms with Gasteiger partial charge >= 0.3 is 0 Å². The molecule has 0 N–H and O–H groups in total. The van der Waals surface area contributed by atoms with Crippen molar-refractivity contribution in [1.82, 2.24) is 0 Å². The lowest BCUT2D eigenvalue weighted by molar-refractivity contribution is 0.509. The average Bonchev–Trinajstić information content (AvgIpc) is 2.73. The van der Waals surface area contributed by atoms with Crippen LogP contribution in [0.5, 0.6) is 0 Å². The first-order chi connectivity index (χ1) is 14.5. The van der Waals surface area contributed by atoms with Crippen LogP contribution in [0.15, 0.2) is 48.5 Å². The zero-order valence-electron chi connectivity index (χ0n) is 17.0. The molecule has 0 amide bonds. The van der Waals surface area contributed by atoms with E-state index in [2.05, 4.69) is 6.92 Å². The molecule has 3 aromatic rings. The van der Waals surface area contributed by atoms with Gasteiger partial charge in [0.1, 0.15) is 11.6 Å². The van der Waals surface area contributed by atoms with Crippen LogP contribution in [0.1, 0.15) is 54.4 Å². The van der Waals surface area contributed by atoms with Crippen LogP contribution < -0.4 is 0 Å². The minimum absolute atomic E-state index is 0.00578. The molecule has 1 aliphatic carbocycles. The highest BCUT2D eigenvalue weighted by Crippen LogP contribution is 2.37. The lowest BCUT2D eigenvalue weighted by Crippen LogP contribution is -2.15. The number of hydrogen-bond donors (Lipinski definition) is 0. The molecule has 1 aliphatic rings. The van der Waals surface area contributed by atoms with Gasteiger partial charge in [0.25, 0.3) is 0 Å². The summed E-state index contributed by atoms with van der Waals surface area (Å²) in [6.45, 7) is 2.11. The van der Waals surface area contributed by atoms with Crippen LogP contribution in [0, 0.1) is 23.3 Å². The molecule has 0 heterocycles. The standard InChI is InChI=1S/C26H24F4/c1-2-3-4-16-5-9-21(24(28)11-16)18-7-6-17-13-22(25(29)15-20(17)12-18)19-8-10-23(27)26(30)14-19/h5,8-11,13-15,18H,2-4,6-7,12H2,1H3. The SMILES string of the molecule is CCCCc1ccc(C2CCc3cc(-c4ccc(F)c(F)c4)c(F)cc3C2)c(F)c1. The predicted molar refractivity (Wildman–Crippen MR) is 112 cm³/mol. The second kappa shape index (κ2) is 8.63. The first kappa shape index (κ1) is 20.6. The van der Waals surface area contributed by atoms with E-state index in [4.69, 9.17) is 0 Å². The van der Waals surface area contributed by atoms with Gasteiger partial charge in [-0.25, -0.2) is 17.6 Å². The second-order valence-corrected chi connectivity index (χ2v) is 8.13. The fraction of sp³-hybridized carbons (Fsp3) is 0.308. The molecule has 4 rings (SSSR count). The van der Waals surface area contributed by atoms with Crippen LogP contribution in [-0.4, -0.2) is 0 Å². The van der Waals surface area contributed by atoms with Gasteiger partial charge in [-0.15, -0.1) is 0 Å². The van der Waals surface area contributed by atoms with Crippen molar-refractivity contribution in [2.24, 2.45) is 0 Å². The third-order valence-corrected chi connectivity index (χ3v) is 6.07.